The summed E-state index contributed by atoms with van der Waals surface area (Å²) >= 11 is 0. The highest BCUT2D eigenvalue weighted by molar-refractivity contribution is 6.03. The summed E-state index contributed by atoms with van der Waals surface area (Å²) in [5, 5.41) is 20.1. The number of ether oxygens (including phenoxy) is 2. The lowest BCUT2D eigenvalue weighted by Gasteiger charge is -2.09. The van der Waals surface area contributed by atoms with Crippen molar-refractivity contribution in [2.24, 2.45) is 0 Å². The molecule has 0 radical (unpaired) electrons. The van der Waals surface area contributed by atoms with Crippen LogP contribution in [0.15, 0.2) is 34.7 Å². The molecule has 1 heterocycles. The maximum absolute atomic E-state index is 11.5. The van der Waals surface area contributed by atoms with E-state index in [0.717, 1.165) is 0 Å². The summed E-state index contributed by atoms with van der Waals surface area (Å²) in [5.74, 6) is 0.126. The fourth-order valence-electron chi connectivity index (χ4n) is 2.49. The van der Waals surface area contributed by atoms with Crippen molar-refractivity contribution in [1.29, 1.82) is 0 Å². The zero-order valence-corrected chi connectivity index (χ0v) is 12.5. The van der Waals surface area contributed by atoms with Crippen LogP contribution >= 0.6 is 0 Å². The lowest BCUT2D eigenvalue weighted by molar-refractivity contribution is 0.112. The van der Waals surface area contributed by atoms with E-state index in [1.165, 1.54) is 26.4 Å². The van der Waals surface area contributed by atoms with Gasteiger partial charge in [-0.05, 0) is 24.3 Å². The van der Waals surface area contributed by atoms with E-state index in [9.17, 15) is 15.0 Å². The molecule has 1 aromatic heterocycles. The number of methoxy groups -OCH3 is 2. The molecule has 0 atom stereocenters. The Morgan fingerprint density at radius 3 is 2.52 bits per heavy atom. The zero-order valence-electron chi connectivity index (χ0n) is 12.5. The minimum atomic E-state index is -0.417. The lowest BCUT2D eigenvalue weighted by atomic mass is 10.0. The van der Waals surface area contributed by atoms with Crippen molar-refractivity contribution >= 4 is 17.3 Å². The molecule has 3 rings (SSSR count). The second-order valence-electron chi connectivity index (χ2n) is 4.84. The van der Waals surface area contributed by atoms with E-state index in [1.807, 2.05) is 0 Å². The minimum Gasteiger partial charge on any atom is -0.504 e. The van der Waals surface area contributed by atoms with Gasteiger partial charge in [0.05, 0.1) is 25.3 Å². The van der Waals surface area contributed by atoms with Gasteiger partial charge in [-0.25, -0.2) is 0 Å². The molecule has 0 spiro atoms. The fourth-order valence-corrected chi connectivity index (χ4v) is 2.49. The van der Waals surface area contributed by atoms with E-state index < -0.39 is 5.75 Å². The van der Waals surface area contributed by atoms with Gasteiger partial charge in [0, 0.05) is 11.5 Å². The van der Waals surface area contributed by atoms with Crippen molar-refractivity contribution in [2.75, 3.05) is 14.2 Å². The predicted octanol–water partition coefficient (Wildman–Crippen LogP) is 3.34. The Bertz CT molecular complexity index is 894. The first kappa shape index (κ1) is 14.8. The molecule has 0 aliphatic carbocycles. The molecule has 0 bridgehead atoms. The van der Waals surface area contributed by atoms with E-state index in [4.69, 9.17) is 13.9 Å². The number of carbonyl (C=O) groups is 1. The molecule has 0 unspecified atom stereocenters. The lowest BCUT2D eigenvalue weighted by Crippen LogP contribution is -1.90. The highest BCUT2D eigenvalue weighted by Gasteiger charge is 2.22. The molecule has 6 heteroatoms. The number of fused-ring (bicyclic) bond motifs is 1. The molecule has 2 N–H and O–H groups in total. The largest absolute Gasteiger partial charge is 0.504 e. The van der Waals surface area contributed by atoms with Crippen LogP contribution in [-0.4, -0.2) is 30.7 Å². The summed E-state index contributed by atoms with van der Waals surface area (Å²) < 4.78 is 16.1. The van der Waals surface area contributed by atoms with Crippen molar-refractivity contribution in [3.63, 3.8) is 0 Å². The summed E-state index contributed by atoms with van der Waals surface area (Å²) in [6, 6.07) is 7.92. The van der Waals surface area contributed by atoms with Crippen molar-refractivity contribution in [3.05, 3.63) is 35.9 Å². The molecule has 23 heavy (non-hydrogen) atoms. The molecule has 0 saturated heterocycles. The van der Waals surface area contributed by atoms with E-state index in [2.05, 4.69) is 0 Å². The molecule has 0 fully saturated rings. The Kier molecular flexibility index (Phi) is 3.57. The van der Waals surface area contributed by atoms with Crippen LogP contribution in [0.4, 0.5) is 0 Å². The summed E-state index contributed by atoms with van der Waals surface area (Å²) in [7, 11) is 2.89. The number of hydrogen-bond acceptors (Lipinski definition) is 6. The maximum Gasteiger partial charge on any atom is 0.201 e. The third-order valence-electron chi connectivity index (χ3n) is 3.61. The minimum absolute atomic E-state index is 0.0270. The molecular formula is C17H14O6. The fraction of sp³-hybridized carbons (Fsp3) is 0.118. The molecule has 6 nitrogen and oxygen atoms in total. The van der Waals surface area contributed by atoms with Crippen molar-refractivity contribution in [2.45, 2.75) is 0 Å². The molecule has 0 amide bonds. The molecule has 118 valence electrons. The van der Waals surface area contributed by atoms with Gasteiger partial charge in [-0.1, -0.05) is 0 Å². The molecule has 0 saturated carbocycles. The van der Waals surface area contributed by atoms with Gasteiger partial charge in [0.2, 0.25) is 5.75 Å². The Labute approximate surface area is 131 Å². The molecule has 3 aromatic rings. The number of aldehydes is 1. The average molecular weight is 314 g/mol. The first-order valence-electron chi connectivity index (χ1n) is 6.75. The van der Waals surface area contributed by atoms with Crippen LogP contribution in [0.2, 0.25) is 0 Å². The number of benzene rings is 2. The van der Waals surface area contributed by atoms with Crippen LogP contribution in [0.25, 0.3) is 22.3 Å². The molecule has 2 aromatic carbocycles. The summed E-state index contributed by atoms with van der Waals surface area (Å²) in [4.78, 5) is 11.5. The number of rotatable bonds is 4. The smallest absolute Gasteiger partial charge is 0.201 e. The SMILES string of the molecule is COc1ccc2c(C=O)c(-c3ccc(O)c(O)c3OC)oc2c1. The number of phenols is 2. The Hall–Kier alpha value is -3.15. The standard InChI is InChI=1S/C17H14O6/c1-21-9-3-4-10-12(8-18)16(23-14(10)7-9)11-5-6-13(19)15(20)17(11)22-2/h3-8,19-20H,1-2H3. The number of phenolic OH excluding ortho intramolecular Hbond substituents is 2. The normalized spacial score (nSPS) is 10.7. The first-order chi connectivity index (χ1) is 11.1. The van der Waals surface area contributed by atoms with Gasteiger partial charge in [-0.3, -0.25) is 4.79 Å². The van der Waals surface area contributed by atoms with Gasteiger partial charge in [0.25, 0.3) is 0 Å². The second-order valence-corrected chi connectivity index (χ2v) is 4.84. The van der Waals surface area contributed by atoms with Gasteiger partial charge in [-0.15, -0.1) is 0 Å². The quantitative estimate of drug-likeness (QED) is 0.567. The van der Waals surface area contributed by atoms with Gasteiger partial charge in [0.15, 0.2) is 17.8 Å². The molecule has 0 aliphatic heterocycles. The molecular weight excluding hydrogens is 300 g/mol. The highest BCUT2D eigenvalue weighted by Crippen LogP contribution is 2.45. The van der Waals surface area contributed by atoms with Crippen LogP contribution in [-0.2, 0) is 0 Å². The van der Waals surface area contributed by atoms with Crippen LogP contribution < -0.4 is 9.47 Å². The summed E-state index contributed by atoms with van der Waals surface area (Å²) in [6.07, 6.45) is 0.678. The Balaban J connectivity index is 2.32. The number of hydrogen-bond donors (Lipinski definition) is 2. The monoisotopic (exact) mass is 314 g/mol. The van der Waals surface area contributed by atoms with E-state index >= 15 is 0 Å². The summed E-state index contributed by atoms with van der Waals surface area (Å²) in [5.41, 5.74) is 1.15. The molecule has 0 aliphatic rings. The number of aromatic hydroxyl groups is 2. The van der Waals surface area contributed by atoms with Crippen molar-refractivity contribution in [3.8, 4) is 34.3 Å². The van der Waals surface area contributed by atoms with Crippen LogP contribution in [0.3, 0.4) is 0 Å². The number of carbonyl (C=O) groups excluding carboxylic acids is 1. The maximum atomic E-state index is 11.5. The predicted molar refractivity (Wildman–Crippen MR) is 83.5 cm³/mol. The Morgan fingerprint density at radius 1 is 1.09 bits per heavy atom. The van der Waals surface area contributed by atoms with Crippen molar-refractivity contribution in [1.82, 2.24) is 0 Å². The third kappa shape index (κ3) is 2.24. The van der Waals surface area contributed by atoms with Gasteiger partial charge in [-0.2, -0.15) is 0 Å². The van der Waals surface area contributed by atoms with Gasteiger partial charge in [0.1, 0.15) is 17.1 Å². The van der Waals surface area contributed by atoms with Crippen molar-refractivity contribution < 1.29 is 28.9 Å². The van der Waals surface area contributed by atoms with Crippen LogP contribution in [0, 0.1) is 0 Å². The second kappa shape index (κ2) is 5.57. The number of furan rings is 1. The third-order valence-corrected chi connectivity index (χ3v) is 3.61. The van der Waals surface area contributed by atoms with Crippen LogP contribution in [0.5, 0.6) is 23.0 Å². The average Bonchev–Trinajstić information content (AvgIpc) is 2.94. The summed E-state index contributed by atoms with van der Waals surface area (Å²) in [6.45, 7) is 0. The van der Waals surface area contributed by atoms with Gasteiger partial charge >= 0.3 is 0 Å². The van der Waals surface area contributed by atoms with E-state index in [-0.39, 0.29) is 17.3 Å². The zero-order chi connectivity index (χ0) is 16.6. The van der Waals surface area contributed by atoms with Crippen LogP contribution in [0.1, 0.15) is 10.4 Å². The highest BCUT2D eigenvalue weighted by atomic mass is 16.5. The first-order valence-corrected chi connectivity index (χ1v) is 6.75. The van der Waals surface area contributed by atoms with Gasteiger partial charge < -0.3 is 24.1 Å². The topological polar surface area (TPSA) is 89.1 Å². The van der Waals surface area contributed by atoms with E-state index in [0.29, 0.717) is 34.1 Å². The Morgan fingerprint density at radius 2 is 1.87 bits per heavy atom. The van der Waals surface area contributed by atoms with E-state index in [1.54, 1.807) is 18.2 Å².